The van der Waals surface area contributed by atoms with E-state index in [1.54, 1.807) is 0 Å². The molecule has 0 aromatic heterocycles. The van der Waals surface area contributed by atoms with E-state index in [4.69, 9.17) is 11.2 Å². The van der Waals surface area contributed by atoms with Gasteiger partial charge in [0.2, 0.25) is 0 Å². The van der Waals surface area contributed by atoms with Gasteiger partial charge in [0.25, 0.3) is 0 Å². The van der Waals surface area contributed by atoms with Crippen LogP contribution in [0.4, 0.5) is 0 Å². The van der Waals surface area contributed by atoms with Gasteiger partial charge in [-0.05, 0) is 29.0 Å². The molecule has 0 spiro atoms. The van der Waals surface area contributed by atoms with E-state index < -0.39 is 0 Å². The molecule has 1 aromatic carbocycles. The van der Waals surface area contributed by atoms with Crippen LogP contribution >= 0.6 is 0 Å². The first-order chi connectivity index (χ1) is 7.49. The van der Waals surface area contributed by atoms with Crippen molar-refractivity contribution in [2.45, 2.75) is 39.5 Å². The Morgan fingerprint density at radius 3 is 2.50 bits per heavy atom. The third kappa shape index (κ3) is 3.03. The quantitative estimate of drug-likeness (QED) is 0.702. The largest absolute Gasteiger partial charge is 0.481 e. The second-order valence-electron chi connectivity index (χ2n) is 4.93. The minimum atomic E-state index is 0.0785. The average Bonchev–Trinajstić information content (AvgIpc) is 2.25. The lowest BCUT2D eigenvalue weighted by molar-refractivity contribution is 0.357. The van der Waals surface area contributed by atoms with Crippen LogP contribution in [-0.2, 0) is 11.8 Å². The zero-order valence-corrected chi connectivity index (χ0v) is 10.6. The molecular weight excluding hydrogens is 196 g/mol. The molecule has 0 aliphatic rings. The zero-order valence-electron chi connectivity index (χ0n) is 10.6. The molecule has 0 aliphatic carbocycles. The third-order valence-electron chi connectivity index (χ3n) is 2.57. The summed E-state index contributed by atoms with van der Waals surface area (Å²) in [6.07, 6.45) is 6.26. The average molecular weight is 216 g/mol. The lowest BCUT2D eigenvalue weighted by Gasteiger charge is -2.23. The van der Waals surface area contributed by atoms with Gasteiger partial charge in [0.1, 0.15) is 12.4 Å². The minimum Gasteiger partial charge on any atom is -0.481 e. The Balaban J connectivity index is 3.12. The maximum absolute atomic E-state index is 5.58. The Morgan fingerprint density at radius 1 is 1.31 bits per heavy atom. The Labute approximate surface area is 98.8 Å². The van der Waals surface area contributed by atoms with Crippen LogP contribution in [0.15, 0.2) is 18.2 Å². The summed E-state index contributed by atoms with van der Waals surface area (Å²) >= 11 is 0. The van der Waals surface area contributed by atoms with Crippen LogP contribution in [0.2, 0.25) is 0 Å². The van der Waals surface area contributed by atoms with Crippen LogP contribution in [0.1, 0.15) is 38.8 Å². The number of hydrogen-bond donors (Lipinski definition) is 0. The number of hydrogen-bond acceptors (Lipinski definition) is 1. The summed E-state index contributed by atoms with van der Waals surface area (Å²) in [4.78, 5) is 0. The Kier molecular flexibility index (Phi) is 4.01. The fourth-order valence-corrected chi connectivity index (χ4v) is 1.63. The number of aryl methyl sites for hydroxylation is 1. The maximum atomic E-state index is 5.58. The summed E-state index contributed by atoms with van der Waals surface area (Å²) in [5, 5.41) is 0. The highest BCUT2D eigenvalue weighted by atomic mass is 16.5. The highest BCUT2D eigenvalue weighted by molar-refractivity contribution is 5.41. The molecule has 0 aliphatic heterocycles. The van der Waals surface area contributed by atoms with Crippen LogP contribution in [0.5, 0.6) is 5.75 Å². The van der Waals surface area contributed by atoms with Crippen molar-refractivity contribution in [3.8, 4) is 18.1 Å². The molecule has 0 bridgehead atoms. The molecule has 0 heterocycles. The Bertz CT molecular complexity index is 391. The van der Waals surface area contributed by atoms with E-state index in [0.29, 0.717) is 6.61 Å². The van der Waals surface area contributed by atoms with Crippen molar-refractivity contribution < 1.29 is 4.74 Å². The molecular formula is C15H20O. The predicted molar refractivity (Wildman–Crippen MR) is 68.8 cm³/mol. The highest BCUT2D eigenvalue weighted by Gasteiger charge is 2.19. The molecule has 86 valence electrons. The van der Waals surface area contributed by atoms with Gasteiger partial charge in [-0.2, -0.15) is 0 Å². The number of ether oxygens (including phenoxy) is 1. The van der Waals surface area contributed by atoms with Crippen LogP contribution in [0.25, 0.3) is 0 Å². The Morgan fingerprint density at radius 2 is 2.00 bits per heavy atom. The van der Waals surface area contributed by atoms with E-state index in [0.717, 1.165) is 12.2 Å². The number of rotatable bonds is 3. The molecule has 1 rings (SSSR count). The molecule has 1 nitrogen and oxygen atoms in total. The molecule has 0 unspecified atom stereocenters. The summed E-state index contributed by atoms with van der Waals surface area (Å²) in [6, 6.07) is 6.34. The molecule has 0 saturated carbocycles. The van der Waals surface area contributed by atoms with Crippen molar-refractivity contribution in [2.75, 3.05) is 6.61 Å². The van der Waals surface area contributed by atoms with Crippen LogP contribution in [-0.4, -0.2) is 6.61 Å². The lowest BCUT2D eigenvalue weighted by atomic mass is 9.85. The summed E-state index contributed by atoms with van der Waals surface area (Å²) < 4.78 is 5.58. The van der Waals surface area contributed by atoms with Crippen LogP contribution in [0.3, 0.4) is 0 Å². The first-order valence-corrected chi connectivity index (χ1v) is 5.68. The maximum Gasteiger partial charge on any atom is 0.148 e. The second-order valence-corrected chi connectivity index (χ2v) is 4.93. The van der Waals surface area contributed by atoms with Crippen molar-refractivity contribution in [1.82, 2.24) is 0 Å². The molecule has 1 aromatic rings. The van der Waals surface area contributed by atoms with Gasteiger partial charge in [-0.1, -0.05) is 45.7 Å². The van der Waals surface area contributed by atoms with Gasteiger partial charge in [0.05, 0.1) is 0 Å². The highest BCUT2D eigenvalue weighted by Crippen LogP contribution is 2.32. The lowest BCUT2D eigenvalue weighted by Crippen LogP contribution is -2.14. The van der Waals surface area contributed by atoms with Crippen molar-refractivity contribution >= 4 is 0 Å². The number of benzene rings is 1. The van der Waals surface area contributed by atoms with Gasteiger partial charge in [0.15, 0.2) is 0 Å². The molecule has 0 amide bonds. The normalized spacial score (nSPS) is 10.9. The summed E-state index contributed by atoms with van der Waals surface area (Å²) in [5.41, 5.74) is 2.63. The Hall–Kier alpha value is -1.42. The van der Waals surface area contributed by atoms with E-state index >= 15 is 0 Å². The monoisotopic (exact) mass is 216 g/mol. The van der Waals surface area contributed by atoms with E-state index in [1.165, 1.54) is 11.1 Å². The zero-order chi connectivity index (χ0) is 12.2. The predicted octanol–water partition coefficient (Wildman–Crippen LogP) is 3.56. The third-order valence-corrected chi connectivity index (χ3v) is 2.57. The topological polar surface area (TPSA) is 9.23 Å². The second kappa shape index (κ2) is 5.07. The van der Waals surface area contributed by atoms with E-state index in [2.05, 4.69) is 45.7 Å². The molecule has 0 atom stereocenters. The van der Waals surface area contributed by atoms with E-state index in [1.807, 2.05) is 6.07 Å². The SMILES string of the molecule is C#CCOc1ccc(CC)cc1C(C)(C)C. The van der Waals surface area contributed by atoms with Gasteiger partial charge >= 0.3 is 0 Å². The van der Waals surface area contributed by atoms with E-state index in [-0.39, 0.29) is 5.41 Å². The first-order valence-electron chi connectivity index (χ1n) is 5.68. The van der Waals surface area contributed by atoms with E-state index in [9.17, 15) is 0 Å². The molecule has 1 heteroatoms. The van der Waals surface area contributed by atoms with Crippen LogP contribution < -0.4 is 4.74 Å². The fourth-order valence-electron chi connectivity index (χ4n) is 1.63. The smallest absolute Gasteiger partial charge is 0.148 e. The number of terminal acetylenes is 1. The standard InChI is InChI=1S/C15H20O/c1-6-10-16-14-9-8-12(7-2)11-13(14)15(3,4)5/h1,8-9,11H,7,10H2,2-5H3. The summed E-state index contributed by atoms with van der Waals surface area (Å²) in [7, 11) is 0. The van der Waals surface area contributed by atoms with Gasteiger partial charge in [0, 0.05) is 0 Å². The molecule has 16 heavy (non-hydrogen) atoms. The van der Waals surface area contributed by atoms with Crippen molar-refractivity contribution in [3.05, 3.63) is 29.3 Å². The van der Waals surface area contributed by atoms with Crippen molar-refractivity contribution in [2.24, 2.45) is 0 Å². The van der Waals surface area contributed by atoms with Crippen molar-refractivity contribution in [1.29, 1.82) is 0 Å². The summed E-state index contributed by atoms with van der Waals surface area (Å²) in [6.45, 7) is 9.04. The first kappa shape index (κ1) is 12.6. The van der Waals surface area contributed by atoms with Gasteiger partial charge < -0.3 is 4.74 Å². The molecule has 0 saturated heterocycles. The molecule has 0 N–H and O–H groups in total. The van der Waals surface area contributed by atoms with Gasteiger partial charge in [-0.25, -0.2) is 0 Å². The fraction of sp³-hybridized carbons (Fsp3) is 0.467. The minimum absolute atomic E-state index is 0.0785. The van der Waals surface area contributed by atoms with Crippen molar-refractivity contribution in [3.63, 3.8) is 0 Å². The van der Waals surface area contributed by atoms with Crippen LogP contribution in [0, 0.1) is 12.3 Å². The van der Waals surface area contributed by atoms with Gasteiger partial charge in [-0.15, -0.1) is 6.42 Å². The molecule has 0 radical (unpaired) electrons. The van der Waals surface area contributed by atoms with Gasteiger partial charge in [-0.3, -0.25) is 0 Å². The summed E-state index contributed by atoms with van der Waals surface area (Å²) in [5.74, 6) is 3.41. The molecule has 0 fully saturated rings.